The van der Waals surface area contributed by atoms with Gasteiger partial charge in [-0.2, -0.15) is 0 Å². The molecule has 20 heteroatoms. The standard InChI is InChI=1S/2C32H39ClN2O6S/c2*33-25-9-11-27-22(14-25)5-3-13-32(27)19-35-16-24-7-10-26(24)29(37)6-2-1-4-21(17-36)18-42(39,40)34-31(38)23-8-12-30(41-20-32)28(35)15-23/h2*1-2,8-9,11-12,14-15,21,24,26,29,36-37H,3-7,10,13,16-20H2,(H,34,38)/b2*2-1+/t21-,24+,26-,29+,32+;21-,24-,26+,29-,32-/m10/s1. The van der Waals surface area contributed by atoms with Gasteiger partial charge in [0.2, 0.25) is 20.0 Å². The van der Waals surface area contributed by atoms with Gasteiger partial charge in [0.25, 0.3) is 11.8 Å². The van der Waals surface area contributed by atoms with E-state index in [2.05, 4.69) is 43.5 Å². The van der Waals surface area contributed by atoms with Crippen molar-refractivity contribution in [3.8, 4) is 11.5 Å². The zero-order valence-electron chi connectivity index (χ0n) is 47.3. The van der Waals surface area contributed by atoms with Crippen LogP contribution < -0.4 is 28.7 Å². The summed E-state index contributed by atoms with van der Waals surface area (Å²) in [4.78, 5) is 31.1. The van der Waals surface area contributed by atoms with Gasteiger partial charge in [-0.1, -0.05) is 59.6 Å². The average molecular weight is 1230 g/mol. The van der Waals surface area contributed by atoms with E-state index in [9.17, 15) is 46.9 Å². The zero-order valence-corrected chi connectivity index (χ0v) is 50.5. The van der Waals surface area contributed by atoms with Crippen molar-refractivity contribution < 1.29 is 56.3 Å². The number of hydrogen-bond acceptors (Lipinski definition) is 14. The molecule has 0 unspecified atom stereocenters. The lowest BCUT2D eigenvalue weighted by Crippen LogP contribution is -2.49. The Morgan fingerprint density at radius 1 is 0.560 bits per heavy atom. The fourth-order valence-electron chi connectivity index (χ4n) is 14.6. The molecule has 2 amide bonds. The smallest absolute Gasteiger partial charge is 0.264 e. The topological polar surface area (TPSA) is 232 Å². The maximum absolute atomic E-state index is 13.2. The van der Waals surface area contributed by atoms with E-state index >= 15 is 0 Å². The number of carbonyl (C=O) groups is 2. The molecule has 4 aliphatic carbocycles. The van der Waals surface area contributed by atoms with E-state index in [0.29, 0.717) is 76.6 Å². The molecule has 10 atom stereocenters. The van der Waals surface area contributed by atoms with Crippen LogP contribution in [0.15, 0.2) is 97.1 Å². The minimum absolute atomic E-state index is 0.145. The minimum Gasteiger partial charge on any atom is -0.490 e. The van der Waals surface area contributed by atoms with Crippen molar-refractivity contribution in [2.75, 3.05) is 73.9 Å². The number of aliphatic hydroxyl groups is 4. The average Bonchev–Trinajstić information content (AvgIpc) is 2.00. The van der Waals surface area contributed by atoms with Gasteiger partial charge in [0, 0.05) is 83.2 Å². The fraction of sp³-hybridized carbons (Fsp3) is 0.531. The van der Waals surface area contributed by atoms with Crippen LogP contribution in [-0.2, 0) is 43.7 Å². The lowest BCUT2D eigenvalue weighted by atomic mass is 9.68. The summed E-state index contributed by atoms with van der Waals surface area (Å²) in [5, 5.41) is 43.2. The number of nitrogens with one attached hydrogen (secondary N) is 2. The van der Waals surface area contributed by atoms with Crippen LogP contribution in [0.4, 0.5) is 11.4 Å². The number of hydrogen-bond donors (Lipinski definition) is 6. The highest BCUT2D eigenvalue weighted by Gasteiger charge is 2.47. The molecular formula is C64H78Cl2N4O12S2. The molecule has 12 rings (SSSR count). The van der Waals surface area contributed by atoms with Crippen molar-refractivity contribution in [1.29, 1.82) is 0 Å². The summed E-state index contributed by atoms with van der Waals surface area (Å²) in [6.45, 7) is 3.06. The molecule has 16 nitrogen and oxygen atoms in total. The number of aryl methyl sites for hydroxylation is 2. The first kappa shape index (κ1) is 60.5. The van der Waals surface area contributed by atoms with Crippen LogP contribution in [-0.4, -0.2) is 125 Å². The fourth-order valence-corrected chi connectivity index (χ4v) is 17.7. The van der Waals surface area contributed by atoms with Gasteiger partial charge in [-0.15, -0.1) is 0 Å². The van der Waals surface area contributed by atoms with E-state index in [1.807, 2.05) is 36.4 Å². The van der Waals surface area contributed by atoms with Crippen molar-refractivity contribution in [1.82, 2.24) is 9.44 Å². The van der Waals surface area contributed by atoms with Gasteiger partial charge in [0.1, 0.15) is 11.5 Å². The first-order valence-corrected chi connectivity index (χ1v) is 34.0. The summed E-state index contributed by atoms with van der Waals surface area (Å²) in [5.41, 5.74) is 6.39. The number of nitrogens with zero attached hydrogens (tertiary/aromatic N) is 2. The Bertz CT molecular complexity index is 3180. The number of rotatable bonds is 2. The maximum Gasteiger partial charge on any atom is 0.264 e. The number of allylic oxidation sites excluding steroid dienone is 2. The largest absolute Gasteiger partial charge is 0.490 e. The molecule has 0 aromatic heterocycles. The van der Waals surface area contributed by atoms with Gasteiger partial charge >= 0.3 is 0 Å². The summed E-state index contributed by atoms with van der Waals surface area (Å²) in [7, 11) is -7.99. The van der Waals surface area contributed by atoms with Crippen LogP contribution in [0, 0.1) is 35.5 Å². The summed E-state index contributed by atoms with van der Waals surface area (Å²) >= 11 is 12.8. The molecule has 4 heterocycles. The Labute approximate surface area is 503 Å². The van der Waals surface area contributed by atoms with Crippen LogP contribution in [0.1, 0.15) is 120 Å². The highest BCUT2D eigenvalue weighted by molar-refractivity contribution is 7.90. The van der Waals surface area contributed by atoms with Crippen LogP contribution in [0.2, 0.25) is 10.0 Å². The quantitative estimate of drug-likeness (QED) is 0.104. The molecule has 4 aromatic rings. The number of anilines is 2. The molecular weight excluding hydrogens is 1150 g/mol. The van der Waals surface area contributed by atoms with E-state index in [0.717, 1.165) is 85.6 Å². The molecule has 0 radical (unpaired) electrons. The summed E-state index contributed by atoms with van der Waals surface area (Å²) in [6.07, 6.45) is 17.8. The number of sulfonamides is 2. The molecule has 2 saturated carbocycles. The summed E-state index contributed by atoms with van der Waals surface area (Å²) in [5.74, 6) is -1.14. The molecule has 4 aliphatic heterocycles. The predicted molar refractivity (Wildman–Crippen MR) is 325 cm³/mol. The van der Waals surface area contributed by atoms with E-state index in [1.54, 1.807) is 36.4 Å². The van der Waals surface area contributed by atoms with Crippen LogP contribution >= 0.6 is 23.2 Å². The molecule has 4 aromatic carbocycles. The first-order chi connectivity index (χ1) is 40.3. The molecule has 2 fully saturated rings. The lowest BCUT2D eigenvalue weighted by Gasteiger charge is -2.45. The molecule has 6 N–H and O–H groups in total. The predicted octanol–water partition coefficient (Wildman–Crippen LogP) is 8.44. The third-order valence-electron chi connectivity index (χ3n) is 19.4. The first-order valence-electron chi connectivity index (χ1n) is 29.9. The second-order valence-corrected chi connectivity index (χ2v) is 29.5. The molecule has 4 bridgehead atoms. The number of halogens is 2. The van der Waals surface area contributed by atoms with E-state index in [4.69, 9.17) is 32.7 Å². The van der Waals surface area contributed by atoms with Crippen LogP contribution in [0.3, 0.4) is 0 Å². The zero-order chi connectivity index (χ0) is 59.0. The van der Waals surface area contributed by atoms with Gasteiger partial charge < -0.3 is 39.7 Å². The van der Waals surface area contributed by atoms with Gasteiger partial charge in [-0.3, -0.25) is 9.59 Å². The Kier molecular flexibility index (Phi) is 18.2. The van der Waals surface area contributed by atoms with Crippen molar-refractivity contribution in [3.63, 3.8) is 0 Å². The Morgan fingerprint density at radius 3 is 1.37 bits per heavy atom. The maximum atomic E-state index is 13.2. The number of ether oxygens (including phenoxy) is 2. The Morgan fingerprint density at radius 2 is 0.976 bits per heavy atom. The summed E-state index contributed by atoms with van der Waals surface area (Å²) < 4.78 is 69.0. The monoisotopic (exact) mass is 1230 g/mol. The van der Waals surface area contributed by atoms with Crippen molar-refractivity contribution in [3.05, 3.63) is 141 Å². The van der Waals surface area contributed by atoms with Crippen molar-refractivity contribution >= 4 is 66.4 Å². The second-order valence-electron chi connectivity index (χ2n) is 25.1. The second kappa shape index (κ2) is 25.3. The lowest BCUT2D eigenvalue weighted by molar-refractivity contribution is 0.0175. The normalized spacial score (nSPS) is 31.8. The van der Waals surface area contributed by atoms with E-state index < -0.39 is 55.9 Å². The number of amides is 2. The SMILES string of the molecule is O=C1NS(=O)(=O)C[C@@H](CO)C/C=C/C[C@H](O)[C@@H]2CC[C@H]2CN2C[C@@]3(CCCc4cc(Cl)ccc43)COc3ccc1cc32.O=C1NS(=O)(=O)C[C@H](CO)C/C=C/C[C@H](O)[C@@H]2CC[C@H]2CN2C[C@@]3(CCCc4cc(Cl)ccc43)COc3ccc1cc32. The molecule has 84 heavy (non-hydrogen) atoms. The third kappa shape index (κ3) is 13.2. The minimum atomic E-state index is -3.99. The van der Waals surface area contributed by atoms with Crippen molar-refractivity contribution in [2.24, 2.45) is 35.5 Å². The number of benzene rings is 4. The number of fused-ring (bicyclic) bond motifs is 8. The van der Waals surface area contributed by atoms with Gasteiger partial charge in [0.05, 0.1) is 48.3 Å². The van der Waals surface area contributed by atoms with E-state index in [-0.39, 0.29) is 70.3 Å². The number of carbonyl (C=O) groups excluding carboxylic acids is 2. The van der Waals surface area contributed by atoms with Gasteiger partial charge in [0.15, 0.2) is 0 Å². The molecule has 0 saturated heterocycles. The molecule has 2 spiro atoms. The number of aliphatic hydroxyl groups excluding tert-OH is 4. The third-order valence-corrected chi connectivity index (χ3v) is 22.7. The Hall–Kier alpha value is -5.18. The highest BCUT2D eigenvalue weighted by Crippen LogP contribution is 2.49. The van der Waals surface area contributed by atoms with Gasteiger partial charge in [-0.05, 0) is 196 Å². The van der Waals surface area contributed by atoms with Crippen LogP contribution in [0.5, 0.6) is 11.5 Å². The van der Waals surface area contributed by atoms with Crippen molar-refractivity contribution in [2.45, 2.75) is 113 Å². The highest BCUT2D eigenvalue weighted by atomic mass is 35.5. The Balaban J connectivity index is 0.000000175. The molecule has 452 valence electrons. The van der Waals surface area contributed by atoms with Crippen LogP contribution in [0.25, 0.3) is 0 Å². The molecule has 8 aliphatic rings. The van der Waals surface area contributed by atoms with E-state index in [1.165, 1.54) is 22.3 Å². The summed E-state index contributed by atoms with van der Waals surface area (Å²) in [6, 6.07) is 22.4. The van der Waals surface area contributed by atoms with Gasteiger partial charge in [-0.25, -0.2) is 26.3 Å².